The zero-order chi connectivity index (χ0) is 17.0. The van der Waals surface area contributed by atoms with E-state index in [1.165, 1.54) is 64.2 Å². The molecule has 0 saturated carbocycles. The van der Waals surface area contributed by atoms with Gasteiger partial charge < -0.3 is 0 Å². The molecular formula is C22H46. The molecule has 2 unspecified atom stereocenters. The van der Waals surface area contributed by atoms with Crippen LogP contribution in [-0.4, -0.2) is 0 Å². The molecule has 0 N–H and O–H groups in total. The van der Waals surface area contributed by atoms with Crippen molar-refractivity contribution in [2.45, 2.75) is 113 Å². The molecule has 22 heavy (non-hydrogen) atoms. The molecule has 0 heteroatoms. The van der Waals surface area contributed by atoms with Gasteiger partial charge in [0, 0.05) is 0 Å². The highest BCUT2D eigenvalue weighted by molar-refractivity contribution is 4.68. The quantitative estimate of drug-likeness (QED) is 0.304. The van der Waals surface area contributed by atoms with Gasteiger partial charge in [0.25, 0.3) is 0 Å². The second-order valence-electron chi connectivity index (χ2n) is 8.45. The van der Waals surface area contributed by atoms with Crippen molar-refractivity contribution in [1.82, 2.24) is 0 Å². The normalized spacial score (nSPS) is 15.0. The number of hydrogen-bond donors (Lipinski definition) is 0. The summed E-state index contributed by atoms with van der Waals surface area (Å²) in [5, 5.41) is 0. The van der Waals surface area contributed by atoms with E-state index in [1.54, 1.807) is 0 Å². The van der Waals surface area contributed by atoms with Gasteiger partial charge >= 0.3 is 0 Å². The van der Waals surface area contributed by atoms with Crippen molar-refractivity contribution >= 4 is 0 Å². The average Bonchev–Trinajstić information content (AvgIpc) is 2.48. The predicted molar refractivity (Wildman–Crippen MR) is 103 cm³/mol. The standard InChI is InChI=1S/C22H46/c1-8-20(9-2)13-11-14-21(10-3)15-12-16-22(19(6)7)17-18(4)5/h18-22H,8-17H2,1-7H3. The van der Waals surface area contributed by atoms with Crippen LogP contribution in [-0.2, 0) is 0 Å². The van der Waals surface area contributed by atoms with Crippen LogP contribution in [0.4, 0.5) is 0 Å². The minimum atomic E-state index is 0.856. The predicted octanol–water partition coefficient (Wildman–Crippen LogP) is 8.11. The molecule has 2 atom stereocenters. The van der Waals surface area contributed by atoms with Crippen LogP contribution in [0.5, 0.6) is 0 Å². The molecule has 0 spiro atoms. The van der Waals surface area contributed by atoms with E-state index in [0.717, 1.165) is 29.6 Å². The lowest BCUT2D eigenvalue weighted by Crippen LogP contribution is -2.12. The molecule has 0 rings (SSSR count). The molecule has 0 fully saturated rings. The molecule has 0 aromatic rings. The van der Waals surface area contributed by atoms with Crippen LogP contribution < -0.4 is 0 Å². The van der Waals surface area contributed by atoms with E-state index in [-0.39, 0.29) is 0 Å². The molecule has 0 amide bonds. The van der Waals surface area contributed by atoms with Crippen molar-refractivity contribution in [3.8, 4) is 0 Å². The first-order valence-electron chi connectivity index (χ1n) is 10.4. The summed E-state index contributed by atoms with van der Waals surface area (Å²) in [6.07, 6.45) is 14.3. The maximum absolute atomic E-state index is 2.42. The first kappa shape index (κ1) is 22.0. The third-order valence-electron chi connectivity index (χ3n) is 5.86. The Morgan fingerprint density at radius 1 is 0.591 bits per heavy atom. The van der Waals surface area contributed by atoms with E-state index >= 15 is 0 Å². The van der Waals surface area contributed by atoms with Crippen LogP contribution in [0.3, 0.4) is 0 Å². The highest BCUT2D eigenvalue weighted by atomic mass is 14.2. The fourth-order valence-electron chi connectivity index (χ4n) is 3.94. The highest BCUT2D eigenvalue weighted by Gasteiger charge is 2.16. The lowest BCUT2D eigenvalue weighted by Gasteiger charge is -2.24. The Morgan fingerprint density at radius 2 is 1.05 bits per heavy atom. The summed E-state index contributed by atoms with van der Waals surface area (Å²) in [5.41, 5.74) is 0. The van der Waals surface area contributed by atoms with Crippen LogP contribution in [0.1, 0.15) is 113 Å². The van der Waals surface area contributed by atoms with Crippen molar-refractivity contribution in [1.29, 1.82) is 0 Å². The highest BCUT2D eigenvalue weighted by Crippen LogP contribution is 2.28. The van der Waals surface area contributed by atoms with Gasteiger partial charge in [0.2, 0.25) is 0 Å². The van der Waals surface area contributed by atoms with Gasteiger partial charge in [-0.15, -0.1) is 0 Å². The topological polar surface area (TPSA) is 0 Å². The molecule has 0 radical (unpaired) electrons. The third kappa shape index (κ3) is 10.7. The molecule has 0 aromatic carbocycles. The van der Waals surface area contributed by atoms with Crippen LogP contribution >= 0.6 is 0 Å². The SMILES string of the molecule is CCC(CC)CCCC(CC)CCCC(CC(C)C)C(C)C. The third-order valence-corrected chi connectivity index (χ3v) is 5.86. The maximum atomic E-state index is 2.42. The molecule has 0 aliphatic heterocycles. The van der Waals surface area contributed by atoms with E-state index in [2.05, 4.69) is 48.5 Å². The smallest absolute Gasteiger partial charge is 0.0389 e. The number of hydrogen-bond acceptors (Lipinski definition) is 0. The Hall–Kier alpha value is 0. The van der Waals surface area contributed by atoms with Crippen LogP contribution in [0.25, 0.3) is 0 Å². The minimum Gasteiger partial charge on any atom is -0.0651 e. The summed E-state index contributed by atoms with van der Waals surface area (Å²) in [6.45, 7) is 16.7. The fourth-order valence-corrected chi connectivity index (χ4v) is 3.94. The lowest BCUT2D eigenvalue weighted by atomic mass is 9.82. The summed E-state index contributed by atoms with van der Waals surface area (Å²) >= 11 is 0. The van der Waals surface area contributed by atoms with Crippen LogP contribution in [0.15, 0.2) is 0 Å². The maximum Gasteiger partial charge on any atom is -0.0389 e. The van der Waals surface area contributed by atoms with E-state index in [4.69, 9.17) is 0 Å². The lowest BCUT2D eigenvalue weighted by molar-refractivity contribution is 0.276. The van der Waals surface area contributed by atoms with E-state index in [9.17, 15) is 0 Å². The molecule has 134 valence electrons. The zero-order valence-corrected chi connectivity index (χ0v) is 17.0. The Kier molecular flexibility index (Phi) is 13.4. The summed E-state index contributed by atoms with van der Waals surface area (Å²) in [7, 11) is 0. The van der Waals surface area contributed by atoms with Crippen molar-refractivity contribution in [3.63, 3.8) is 0 Å². The fraction of sp³-hybridized carbons (Fsp3) is 1.00. The van der Waals surface area contributed by atoms with Gasteiger partial charge in [-0.1, -0.05) is 106 Å². The van der Waals surface area contributed by atoms with Gasteiger partial charge in [0.15, 0.2) is 0 Å². The molecule has 0 aliphatic carbocycles. The number of rotatable bonds is 14. The summed E-state index contributed by atoms with van der Waals surface area (Å²) in [4.78, 5) is 0. The summed E-state index contributed by atoms with van der Waals surface area (Å²) in [6, 6.07) is 0. The van der Waals surface area contributed by atoms with E-state index in [1.807, 2.05) is 0 Å². The Labute approximate surface area is 142 Å². The van der Waals surface area contributed by atoms with Crippen LogP contribution in [0.2, 0.25) is 0 Å². The second-order valence-corrected chi connectivity index (χ2v) is 8.45. The molecule has 0 saturated heterocycles. The molecular weight excluding hydrogens is 264 g/mol. The van der Waals surface area contributed by atoms with E-state index in [0.29, 0.717) is 0 Å². The Balaban J connectivity index is 3.97. The first-order chi connectivity index (χ1) is 10.4. The molecule has 0 heterocycles. The first-order valence-corrected chi connectivity index (χ1v) is 10.4. The van der Waals surface area contributed by atoms with Gasteiger partial charge in [-0.05, 0) is 36.0 Å². The van der Waals surface area contributed by atoms with Crippen molar-refractivity contribution in [2.75, 3.05) is 0 Å². The Bertz CT molecular complexity index is 224. The molecule has 0 aliphatic rings. The van der Waals surface area contributed by atoms with Crippen molar-refractivity contribution < 1.29 is 0 Å². The van der Waals surface area contributed by atoms with Crippen LogP contribution in [0, 0.1) is 29.6 Å². The monoisotopic (exact) mass is 310 g/mol. The van der Waals surface area contributed by atoms with Gasteiger partial charge in [0.05, 0.1) is 0 Å². The zero-order valence-electron chi connectivity index (χ0n) is 17.0. The molecule has 0 bridgehead atoms. The summed E-state index contributed by atoms with van der Waals surface area (Å²) in [5.74, 6) is 4.63. The molecule has 0 nitrogen and oxygen atoms in total. The largest absolute Gasteiger partial charge is 0.0651 e. The average molecular weight is 311 g/mol. The second kappa shape index (κ2) is 13.4. The van der Waals surface area contributed by atoms with Gasteiger partial charge in [0.1, 0.15) is 0 Å². The summed E-state index contributed by atoms with van der Waals surface area (Å²) < 4.78 is 0. The van der Waals surface area contributed by atoms with Crippen molar-refractivity contribution in [2.24, 2.45) is 29.6 Å². The van der Waals surface area contributed by atoms with Gasteiger partial charge in [-0.3, -0.25) is 0 Å². The van der Waals surface area contributed by atoms with Gasteiger partial charge in [-0.2, -0.15) is 0 Å². The van der Waals surface area contributed by atoms with Crippen molar-refractivity contribution in [3.05, 3.63) is 0 Å². The van der Waals surface area contributed by atoms with E-state index < -0.39 is 0 Å². The van der Waals surface area contributed by atoms with Gasteiger partial charge in [-0.25, -0.2) is 0 Å². The Morgan fingerprint density at radius 3 is 1.45 bits per heavy atom. The minimum absolute atomic E-state index is 0.856. The molecule has 0 aromatic heterocycles.